The Morgan fingerprint density at radius 3 is 2.46 bits per heavy atom. The second kappa shape index (κ2) is 9.16. The van der Waals surface area contributed by atoms with Gasteiger partial charge in [-0.3, -0.25) is 4.79 Å². The van der Waals surface area contributed by atoms with Crippen LogP contribution in [0.5, 0.6) is 0 Å². The number of aryl methyl sites for hydroxylation is 1. The van der Waals surface area contributed by atoms with E-state index < -0.39 is 0 Å². The number of rotatable bonds is 5. The van der Waals surface area contributed by atoms with Gasteiger partial charge in [0.15, 0.2) is 5.96 Å². The molecule has 1 aromatic rings. The van der Waals surface area contributed by atoms with E-state index in [1.54, 1.807) is 0 Å². The van der Waals surface area contributed by atoms with Crippen molar-refractivity contribution in [3.05, 3.63) is 5.82 Å². The minimum absolute atomic E-state index is 0.137. The molecule has 3 heterocycles. The average molecular weight is 380 g/mol. The summed E-state index contributed by atoms with van der Waals surface area (Å²) in [7, 11) is 0. The smallest absolute Gasteiger partial charge is 0.244 e. The molecule has 2 fully saturated rings. The van der Waals surface area contributed by atoms with Gasteiger partial charge in [0.25, 0.3) is 0 Å². The predicted molar refractivity (Wildman–Crippen MR) is 105 cm³/mol. The Balaban J connectivity index is 1.55. The SMILES string of the molecule is CCNC(=NCC(=O)N1CCCC1)N1CCN(c2nc(CC)ns2)CC1. The standard InChI is InChI=1S/C17H29N7OS/c1-3-14-20-17(26-21-14)24-11-9-23(10-12-24)16(18-4-2)19-13-15(25)22-7-5-6-8-22/h3-13H2,1-2H3,(H,18,19). The van der Waals surface area contributed by atoms with Crippen LogP contribution < -0.4 is 10.2 Å². The number of piperazine rings is 1. The van der Waals surface area contributed by atoms with E-state index >= 15 is 0 Å². The summed E-state index contributed by atoms with van der Waals surface area (Å²) in [4.78, 5) is 27.9. The van der Waals surface area contributed by atoms with Crippen molar-refractivity contribution in [1.82, 2.24) is 24.5 Å². The molecule has 1 N–H and O–H groups in total. The molecule has 0 aromatic carbocycles. The fourth-order valence-corrected chi connectivity index (χ4v) is 4.06. The number of hydrogen-bond donors (Lipinski definition) is 1. The van der Waals surface area contributed by atoms with Gasteiger partial charge in [0.2, 0.25) is 11.0 Å². The molecule has 0 saturated carbocycles. The Morgan fingerprint density at radius 1 is 1.12 bits per heavy atom. The molecular weight excluding hydrogens is 350 g/mol. The van der Waals surface area contributed by atoms with Crippen LogP contribution in [0.4, 0.5) is 5.13 Å². The van der Waals surface area contributed by atoms with E-state index in [1.165, 1.54) is 11.5 Å². The van der Waals surface area contributed by atoms with E-state index in [9.17, 15) is 4.79 Å². The van der Waals surface area contributed by atoms with Crippen LogP contribution in [0.3, 0.4) is 0 Å². The lowest BCUT2D eigenvalue weighted by molar-refractivity contribution is -0.128. The van der Waals surface area contributed by atoms with Gasteiger partial charge >= 0.3 is 0 Å². The molecule has 0 unspecified atom stereocenters. The molecule has 9 heteroatoms. The number of nitrogens with one attached hydrogen (secondary N) is 1. The van der Waals surface area contributed by atoms with Crippen LogP contribution in [0.25, 0.3) is 0 Å². The van der Waals surface area contributed by atoms with Crippen molar-refractivity contribution in [2.45, 2.75) is 33.1 Å². The summed E-state index contributed by atoms with van der Waals surface area (Å²) >= 11 is 1.48. The molecule has 1 aromatic heterocycles. The van der Waals surface area contributed by atoms with Crippen LogP contribution in [0.2, 0.25) is 0 Å². The molecule has 0 atom stereocenters. The van der Waals surface area contributed by atoms with Crippen LogP contribution in [-0.2, 0) is 11.2 Å². The van der Waals surface area contributed by atoms with Gasteiger partial charge in [-0.25, -0.2) is 9.98 Å². The van der Waals surface area contributed by atoms with Crippen molar-refractivity contribution >= 4 is 28.5 Å². The average Bonchev–Trinajstić information content (AvgIpc) is 3.37. The fourth-order valence-electron chi connectivity index (χ4n) is 3.26. The van der Waals surface area contributed by atoms with Gasteiger partial charge in [-0.05, 0) is 19.8 Å². The molecule has 0 aliphatic carbocycles. The van der Waals surface area contributed by atoms with Gasteiger partial charge in [-0.2, -0.15) is 4.37 Å². The highest BCUT2D eigenvalue weighted by Gasteiger charge is 2.23. The summed E-state index contributed by atoms with van der Waals surface area (Å²) in [6, 6.07) is 0. The van der Waals surface area contributed by atoms with E-state index in [0.717, 1.165) is 82.0 Å². The number of aromatic nitrogens is 2. The third kappa shape index (κ3) is 4.63. The normalized spacial score (nSPS) is 18.5. The summed E-state index contributed by atoms with van der Waals surface area (Å²) in [5.74, 6) is 1.89. The number of carbonyl (C=O) groups is 1. The van der Waals surface area contributed by atoms with E-state index in [1.807, 2.05) is 4.90 Å². The molecular formula is C17H29N7OS. The van der Waals surface area contributed by atoms with Gasteiger partial charge in [0.1, 0.15) is 12.4 Å². The van der Waals surface area contributed by atoms with Gasteiger partial charge in [0, 0.05) is 63.8 Å². The lowest BCUT2D eigenvalue weighted by Gasteiger charge is -2.36. The number of guanidine groups is 1. The second-order valence-electron chi connectivity index (χ2n) is 6.58. The highest BCUT2D eigenvalue weighted by molar-refractivity contribution is 7.09. The monoisotopic (exact) mass is 379 g/mol. The topological polar surface area (TPSA) is 77.0 Å². The zero-order valence-electron chi connectivity index (χ0n) is 15.8. The molecule has 2 aliphatic heterocycles. The van der Waals surface area contributed by atoms with Crippen molar-refractivity contribution in [2.24, 2.45) is 4.99 Å². The van der Waals surface area contributed by atoms with Crippen LogP contribution in [0.15, 0.2) is 4.99 Å². The van der Waals surface area contributed by atoms with Crippen molar-refractivity contribution < 1.29 is 4.79 Å². The number of likely N-dealkylation sites (tertiary alicyclic amines) is 1. The molecule has 1 amide bonds. The molecule has 0 spiro atoms. The molecule has 8 nitrogen and oxygen atoms in total. The first-order valence-electron chi connectivity index (χ1n) is 9.59. The molecule has 144 valence electrons. The number of carbonyl (C=O) groups excluding carboxylic acids is 1. The van der Waals surface area contributed by atoms with E-state index in [-0.39, 0.29) is 12.5 Å². The van der Waals surface area contributed by atoms with Crippen molar-refractivity contribution in [3.63, 3.8) is 0 Å². The quantitative estimate of drug-likeness (QED) is 0.603. The van der Waals surface area contributed by atoms with Crippen LogP contribution in [-0.4, -0.2) is 83.4 Å². The zero-order chi connectivity index (χ0) is 18.4. The molecule has 26 heavy (non-hydrogen) atoms. The number of hydrogen-bond acceptors (Lipinski definition) is 6. The maximum Gasteiger partial charge on any atom is 0.244 e. The lowest BCUT2D eigenvalue weighted by atomic mass is 10.3. The summed E-state index contributed by atoms with van der Waals surface area (Å²) in [5, 5.41) is 4.33. The largest absolute Gasteiger partial charge is 0.357 e. The Hall–Kier alpha value is -1.90. The van der Waals surface area contributed by atoms with Gasteiger partial charge < -0.3 is 20.0 Å². The predicted octanol–water partition coefficient (Wildman–Crippen LogP) is 0.810. The Labute approximate surface area is 159 Å². The van der Waals surface area contributed by atoms with Crippen LogP contribution in [0.1, 0.15) is 32.5 Å². The Morgan fingerprint density at radius 2 is 1.85 bits per heavy atom. The summed E-state index contributed by atoms with van der Waals surface area (Å²) in [5.41, 5.74) is 0. The maximum absolute atomic E-state index is 12.3. The van der Waals surface area contributed by atoms with Crippen LogP contribution >= 0.6 is 11.5 Å². The first kappa shape index (κ1) is 18.9. The van der Waals surface area contributed by atoms with E-state index in [0.29, 0.717) is 0 Å². The highest BCUT2D eigenvalue weighted by Crippen LogP contribution is 2.19. The number of amides is 1. The summed E-state index contributed by atoms with van der Waals surface area (Å²) in [6.45, 7) is 10.4. The van der Waals surface area contributed by atoms with Crippen molar-refractivity contribution in [3.8, 4) is 0 Å². The minimum Gasteiger partial charge on any atom is -0.357 e. The highest BCUT2D eigenvalue weighted by atomic mass is 32.1. The number of aliphatic imine (C=N–C) groups is 1. The molecule has 2 saturated heterocycles. The first-order chi connectivity index (χ1) is 12.7. The Kier molecular flexibility index (Phi) is 6.65. The fraction of sp³-hybridized carbons (Fsp3) is 0.765. The lowest BCUT2D eigenvalue weighted by Crippen LogP contribution is -2.52. The number of nitrogens with zero attached hydrogens (tertiary/aromatic N) is 6. The van der Waals surface area contributed by atoms with E-state index in [4.69, 9.17) is 0 Å². The van der Waals surface area contributed by atoms with E-state index in [2.05, 4.69) is 43.3 Å². The maximum atomic E-state index is 12.3. The van der Waals surface area contributed by atoms with Gasteiger partial charge in [0.05, 0.1) is 0 Å². The Bertz CT molecular complexity index is 618. The van der Waals surface area contributed by atoms with Crippen LogP contribution in [0, 0.1) is 0 Å². The third-order valence-electron chi connectivity index (χ3n) is 4.78. The summed E-state index contributed by atoms with van der Waals surface area (Å²) in [6.07, 6.45) is 3.10. The van der Waals surface area contributed by atoms with Crippen molar-refractivity contribution in [1.29, 1.82) is 0 Å². The number of anilines is 1. The summed E-state index contributed by atoms with van der Waals surface area (Å²) < 4.78 is 4.38. The zero-order valence-corrected chi connectivity index (χ0v) is 16.6. The second-order valence-corrected chi connectivity index (χ2v) is 7.31. The van der Waals surface area contributed by atoms with Gasteiger partial charge in [-0.15, -0.1) is 0 Å². The molecule has 0 radical (unpaired) electrons. The molecule has 3 rings (SSSR count). The molecule has 2 aliphatic rings. The minimum atomic E-state index is 0.137. The molecule has 0 bridgehead atoms. The van der Waals surface area contributed by atoms with Gasteiger partial charge in [-0.1, -0.05) is 6.92 Å². The third-order valence-corrected chi connectivity index (χ3v) is 5.60. The first-order valence-corrected chi connectivity index (χ1v) is 10.4. The van der Waals surface area contributed by atoms with Crippen molar-refractivity contribution in [2.75, 3.05) is 57.3 Å².